The molecule has 2 aromatic rings. The van der Waals surface area contributed by atoms with E-state index in [1.54, 1.807) is 28.9 Å². The van der Waals surface area contributed by atoms with Crippen LogP contribution in [0.15, 0.2) is 36.4 Å². The molecule has 4 amide bonds. The van der Waals surface area contributed by atoms with Gasteiger partial charge in [-0.05, 0) is 67.9 Å². The monoisotopic (exact) mass is 649 g/mol. The maximum Gasteiger partial charge on any atom is 0.410 e. The number of nitrogens with one attached hydrogen (secondary N) is 1. The van der Waals surface area contributed by atoms with Crippen molar-refractivity contribution in [3.05, 3.63) is 53.1 Å². The number of hydrogen-bond acceptors (Lipinski definition) is 8. The van der Waals surface area contributed by atoms with E-state index < -0.39 is 12.2 Å². The number of piperidine rings is 1. The summed E-state index contributed by atoms with van der Waals surface area (Å²) >= 11 is 0. The number of carbonyl (C=O) groups excluding carboxylic acids is 3. The first-order valence-electron chi connectivity index (χ1n) is 16.9. The second-order valence-electron chi connectivity index (χ2n) is 13.0. The number of carbonyl (C=O) groups is 3. The van der Waals surface area contributed by atoms with Gasteiger partial charge >= 0.3 is 12.1 Å². The van der Waals surface area contributed by atoms with Crippen LogP contribution < -0.4 is 10.1 Å². The number of amides is 4. The van der Waals surface area contributed by atoms with E-state index in [0.717, 1.165) is 62.4 Å². The van der Waals surface area contributed by atoms with E-state index in [1.165, 1.54) is 7.11 Å². The van der Waals surface area contributed by atoms with Crippen LogP contribution >= 0.6 is 0 Å². The summed E-state index contributed by atoms with van der Waals surface area (Å²) in [5, 5.41) is 13.4. The molecule has 4 aliphatic heterocycles. The molecular weight excluding hydrogens is 602 g/mol. The fraction of sp³-hybridized carbons (Fsp3) is 0.571. The average molecular weight is 650 g/mol. The van der Waals surface area contributed by atoms with E-state index in [1.807, 2.05) is 29.2 Å². The molecule has 3 fully saturated rings. The van der Waals surface area contributed by atoms with E-state index in [4.69, 9.17) is 14.2 Å². The van der Waals surface area contributed by atoms with Crippen molar-refractivity contribution in [3.63, 3.8) is 0 Å². The number of aromatic hydroxyl groups is 1. The molecule has 12 heteroatoms. The fourth-order valence-electron chi connectivity index (χ4n) is 7.34. The molecule has 0 saturated carbocycles. The van der Waals surface area contributed by atoms with Crippen molar-refractivity contribution < 1.29 is 33.7 Å². The Labute approximate surface area is 276 Å². The molecule has 1 atom stereocenters. The van der Waals surface area contributed by atoms with Gasteiger partial charge in [0.15, 0.2) is 17.6 Å². The SMILES string of the molecule is COc1cc(CC(OC(=O)N2CCC(N3CCc4ccccc4NC3=O)CC2)C(=O)N2CCN(C3CCOCC3)CC2)cc(C)c1O. The minimum Gasteiger partial charge on any atom is -0.504 e. The lowest BCUT2D eigenvalue weighted by Gasteiger charge is -2.41. The Morgan fingerprint density at radius 1 is 0.957 bits per heavy atom. The number of aryl methyl sites for hydroxylation is 1. The van der Waals surface area contributed by atoms with E-state index in [-0.39, 0.29) is 30.2 Å². The second kappa shape index (κ2) is 14.8. The highest BCUT2D eigenvalue weighted by Crippen LogP contribution is 2.32. The van der Waals surface area contributed by atoms with Gasteiger partial charge in [-0.3, -0.25) is 9.69 Å². The van der Waals surface area contributed by atoms with Crippen molar-refractivity contribution in [1.29, 1.82) is 0 Å². The summed E-state index contributed by atoms with van der Waals surface area (Å²) in [6.07, 6.45) is 2.63. The molecule has 0 aromatic heterocycles. The number of hydrogen-bond donors (Lipinski definition) is 2. The van der Waals surface area contributed by atoms with Gasteiger partial charge in [0.2, 0.25) is 0 Å². The number of likely N-dealkylation sites (tertiary alicyclic amines) is 1. The summed E-state index contributed by atoms with van der Waals surface area (Å²) in [6, 6.07) is 11.7. The number of rotatable bonds is 7. The van der Waals surface area contributed by atoms with Crippen LogP contribution in [0.5, 0.6) is 11.5 Å². The molecule has 1 unspecified atom stereocenters. The number of para-hydroxylation sites is 1. The molecule has 4 heterocycles. The van der Waals surface area contributed by atoms with Crippen LogP contribution in [0.4, 0.5) is 15.3 Å². The van der Waals surface area contributed by atoms with Gasteiger partial charge in [-0.15, -0.1) is 0 Å². The van der Waals surface area contributed by atoms with Crippen LogP contribution in [0.25, 0.3) is 0 Å². The summed E-state index contributed by atoms with van der Waals surface area (Å²) in [5.41, 5.74) is 3.32. The van der Waals surface area contributed by atoms with Crippen LogP contribution in [0.2, 0.25) is 0 Å². The standard InChI is InChI=1S/C35H47N5O7/c1-24-21-25(22-30(45-2)32(24)41)23-31(33(42)38-17-15-37(16-18-38)27-10-19-46-20-11-27)47-35(44)39-12-8-28(9-13-39)40-14-7-26-5-3-4-6-29(26)36-34(40)43/h3-6,21-22,27-28,31,41H,7-20,23H2,1-2H3,(H,36,43). The summed E-state index contributed by atoms with van der Waals surface area (Å²) in [4.78, 5) is 48.4. The number of urea groups is 1. The highest BCUT2D eigenvalue weighted by atomic mass is 16.6. The molecular formula is C35H47N5O7. The number of phenolic OH excluding ortho intramolecular Hbond substituents is 1. The molecule has 0 bridgehead atoms. The Morgan fingerprint density at radius 3 is 2.40 bits per heavy atom. The maximum atomic E-state index is 14.0. The smallest absolute Gasteiger partial charge is 0.410 e. The Morgan fingerprint density at radius 2 is 1.68 bits per heavy atom. The van der Waals surface area contributed by atoms with Gasteiger partial charge in [-0.2, -0.15) is 0 Å². The number of nitrogens with zero attached hydrogens (tertiary/aromatic N) is 4. The Bertz CT molecular complexity index is 1430. The third kappa shape index (κ3) is 7.59. The molecule has 3 saturated heterocycles. The second-order valence-corrected chi connectivity index (χ2v) is 13.0. The van der Waals surface area contributed by atoms with Crippen LogP contribution in [0, 0.1) is 6.92 Å². The third-order valence-corrected chi connectivity index (χ3v) is 10.1. The molecule has 12 nitrogen and oxygen atoms in total. The van der Waals surface area contributed by atoms with Gasteiger partial charge in [-0.25, -0.2) is 9.59 Å². The lowest BCUT2D eigenvalue weighted by Crippen LogP contribution is -2.56. The number of phenols is 1. The van der Waals surface area contributed by atoms with Gasteiger partial charge in [0, 0.05) is 83.2 Å². The molecule has 47 heavy (non-hydrogen) atoms. The van der Waals surface area contributed by atoms with Crippen LogP contribution in [-0.2, 0) is 27.1 Å². The van der Waals surface area contributed by atoms with E-state index in [0.29, 0.717) is 62.9 Å². The zero-order chi connectivity index (χ0) is 32.9. The zero-order valence-electron chi connectivity index (χ0n) is 27.5. The maximum absolute atomic E-state index is 14.0. The summed E-state index contributed by atoms with van der Waals surface area (Å²) in [7, 11) is 1.48. The number of piperazine rings is 1. The normalized spacial score (nSPS) is 20.6. The number of benzene rings is 2. The van der Waals surface area contributed by atoms with Crippen molar-refractivity contribution in [2.24, 2.45) is 0 Å². The molecule has 0 aliphatic carbocycles. The first kappa shape index (κ1) is 32.9. The molecule has 0 spiro atoms. The quantitative estimate of drug-likeness (QED) is 0.466. The van der Waals surface area contributed by atoms with E-state index >= 15 is 0 Å². The van der Waals surface area contributed by atoms with Gasteiger partial charge in [0.1, 0.15) is 0 Å². The highest BCUT2D eigenvalue weighted by Gasteiger charge is 2.36. The minimum absolute atomic E-state index is 0.00486. The van der Waals surface area contributed by atoms with Crippen molar-refractivity contribution in [3.8, 4) is 11.5 Å². The van der Waals surface area contributed by atoms with Gasteiger partial charge in [-0.1, -0.05) is 24.3 Å². The molecule has 0 radical (unpaired) electrons. The van der Waals surface area contributed by atoms with Gasteiger partial charge < -0.3 is 39.3 Å². The molecule has 2 N–H and O–H groups in total. The first-order valence-corrected chi connectivity index (χ1v) is 16.9. The summed E-state index contributed by atoms with van der Waals surface area (Å²) < 4.78 is 16.9. The molecule has 6 rings (SSSR count). The Kier molecular flexibility index (Phi) is 10.4. The molecule has 2 aromatic carbocycles. The van der Waals surface area contributed by atoms with Crippen molar-refractivity contribution in [2.75, 3.05) is 71.5 Å². The topological polar surface area (TPSA) is 124 Å². The van der Waals surface area contributed by atoms with Crippen LogP contribution in [0.1, 0.15) is 42.4 Å². The Balaban J connectivity index is 1.10. The number of methoxy groups -OCH3 is 1. The van der Waals surface area contributed by atoms with Crippen molar-refractivity contribution >= 4 is 23.7 Å². The lowest BCUT2D eigenvalue weighted by atomic mass is 10.0. The van der Waals surface area contributed by atoms with Crippen LogP contribution in [0.3, 0.4) is 0 Å². The lowest BCUT2D eigenvalue weighted by molar-refractivity contribution is -0.143. The molecule has 4 aliphatic rings. The summed E-state index contributed by atoms with van der Waals surface area (Å²) in [5.74, 6) is 0.140. The summed E-state index contributed by atoms with van der Waals surface area (Å²) in [6.45, 7) is 7.46. The largest absolute Gasteiger partial charge is 0.504 e. The van der Waals surface area contributed by atoms with Gasteiger partial charge in [0.25, 0.3) is 5.91 Å². The average Bonchev–Trinajstić information content (AvgIpc) is 3.27. The number of ether oxygens (including phenoxy) is 3. The first-order chi connectivity index (χ1) is 22.8. The fourth-order valence-corrected chi connectivity index (χ4v) is 7.34. The predicted molar refractivity (Wildman–Crippen MR) is 176 cm³/mol. The Hall–Kier alpha value is -4.03. The van der Waals surface area contributed by atoms with Crippen LogP contribution in [-0.4, -0.2) is 127 Å². The van der Waals surface area contributed by atoms with Gasteiger partial charge in [0.05, 0.1) is 7.11 Å². The number of anilines is 1. The van der Waals surface area contributed by atoms with Crippen molar-refractivity contribution in [2.45, 2.75) is 63.6 Å². The van der Waals surface area contributed by atoms with Crippen molar-refractivity contribution in [1.82, 2.24) is 19.6 Å². The predicted octanol–water partition coefficient (Wildman–Crippen LogP) is 3.63. The number of fused-ring (bicyclic) bond motifs is 1. The molecule has 254 valence electrons. The third-order valence-electron chi connectivity index (χ3n) is 10.1. The highest BCUT2D eigenvalue weighted by molar-refractivity contribution is 5.91. The minimum atomic E-state index is -1.03. The van der Waals surface area contributed by atoms with E-state index in [9.17, 15) is 19.5 Å². The zero-order valence-corrected chi connectivity index (χ0v) is 27.5. The van der Waals surface area contributed by atoms with E-state index in [2.05, 4.69) is 10.2 Å².